The first kappa shape index (κ1) is 17.8. The second-order valence-corrected chi connectivity index (χ2v) is 7.26. The van der Waals surface area contributed by atoms with Crippen LogP contribution in [0.25, 0.3) is 0 Å². The molecule has 9 heteroatoms. The van der Waals surface area contributed by atoms with E-state index >= 15 is 0 Å². The Hall–Kier alpha value is -1.22. The molecule has 0 bridgehead atoms. The summed E-state index contributed by atoms with van der Waals surface area (Å²) in [6.07, 6.45) is 0. The SMILES string of the molecule is COC(C)(C)CNS(=O)(=O)c1cc([N+](=O)[O-])c(Cl)cc1C. The van der Waals surface area contributed by atoms with Crippen LogP contribution in [-0.2, 0) is 14.8 Å². The fourth-order valence-corrected chi connectivity index (χ4v) is 3.22. The number of benzene rings is 1. The van der Waals surface area contributed by atoms with E-state index in [-0.39, 0.29) is 16.5 Å². The van der Waals surface area contributed by atoms with E-state index in [1.807, 2.05) is 0 Å². The van der Waals surface area contributed by atoms with E-state index in [9.17, 15) is 18.5 Å². The number of nitrogens with one attached hydrogen (secondary N) is 1. The Kier molecular flexibility index (Phi) is 5.32. The largest absolute Gasteiger partial charge is 0.377 e. The van der Waals surface area contributed by atoms with Gasteiger partial charge >= 0.3 is 0 Å². The van der Waals surface area contributed by atoms with Crippen LogP contribution >= 0.6 is 11.6 Å². The van der Waals surface area contributed by atoms with Crippen LogP contribution in [-0.4, -0.2) is 32.6 Å². The van der Waals surface area contributed by atoms with E-state index in [1.165, 1.54) is 20.1 Å². The lowest BCUT2D eigenvalue weighted by Crippen LogP contribution is -2.39. The summed E-state index contributed by atoms with van der Waals surface area (Å²) in [5, 5.41) is 10.8. The van der Waals surface area contributed by atoms with Crippen molar-refractivity contribution in [2.45, 2.75) is 31.3 Å². The molecule has 0 aliphatic heterocycles. The maximum absolute atomic E-state index is 12.3. The number of nitro benzene ring substituents is 1. The summed E-state index contributed by atoms with van der Waals surface area (Å²) in [6, 6.07) is 2.22. The van der Waals surface area contributed by atoms with E-state index in [2.05, 4.69) is 4.72 Å². The van der Waals surface area contributed by atoms with Crippen LogP contribution in [0.15, 0.2) is 17.0 Å². The molecular formula is C12H17ClN2O5S. The van der Waals surface area contributed by atoms with Gasteiger partial charge in [-0.1, -0.05) is 11.6 Å². The summed E-state index contributed by atoms with van der Waals surface area (Å²) < 4.78 is 32.0. The van der Waals surface area contributed by atoms with Crippen LogP contribution in [0, 0.1) is 17.0 Å². The molecule has 0 amide bonds. The van der Waals surface area contributed by atoms with Crippen LogP contribution in [0.3, 0.4) is 0 Å². The number of hydrogen-bond donors (Lipinski definition) is 1. The molecule has 1 aromatic rings. The maximum atomic E-state index is 12.3. The van der Waals surface area contributed by atoms with Crippen molar-refractivity contribution in [2.24, 2.45) is 0 Å². The van der Waals surface area contributed by atoms with E-state index in [0.717, 1.165) is 6.07 Å². The number of nitrogens with zero attached hydrogens (tertiary/aromatic N) is 1. The Balaban J connectivity index is 3.20. The lowest BCUT2D eigenvalue weighted by molar-refractivity contribution is -0.384. The summed E-state index contributed by atoms with van der Waals surface area (Å²) >= 11 is 5.74. The molecule has 1 aromatic carbocycles. The Morgan fingerprint density at radius 3 is 2.48 bits per heavy atom. The minimum atomic E-state index is -3.90. The van der Waals surface area contributed by atoms with Gasteiger partial charge in [-0.25, -0.2) is 13.1 Å². The third-order valence-electron chi connectivity index (χ3n) is 2.97. The highest BCUT2D eigenvalue weighted by molar-refractivity contribution is 7.89. The molecule has 0 unspecified atom stereocenters. The van der Waals surface area contributed by atoms with Gasteiger partial charge in [0.05, 0.1) is 15.4 Å². The molecule has 0 saturated heterocycles. The summed E-state index contributed by atoms with van der Waals surface area (Å²) in [4.78, 5) is 9.96. The van der Waals surface area contributed by atoms with E-state index < -0.39 is 26.2 Å². The summed E-state index contributed by atoms with van der Waals surface area (Å²) in [5.41, 5.74) is -0.818. The van der Waals surface area contributed by atoms with Gasteiger partial charge in [-0.15, -0.1) is 0 Å². The molecule has 21 heavy (non-hydrogen) atoms. The zero-order valence-electron chi connectivity index (χ0n) is 12.1. The summed E-state index contributed by atoms with van der Waals surface area (Å²) in [6.45, 7) is 4.98. The van der Waals surface area contributed by atoms with Crippen molar-refractivity contribution in [1.29, 1.82) is 0 Å². The van der Waals surface area contributed by atoms with E-state index in [1.54, 1.807) is 13.8 Å². The van der Waals surface area contributed by atoms with Crippen molar-refractivity contribution < 1.29 is 18.1 Å². The maximum Gasteiger partial charge on any atom is 0.289 e. The average molecular weight is 337 g/mol. The number of aryl methyl sites for hydroxylation is 1. The molecule has 0 spiro atoms. The van der Waals surface area contributed by atoms with Gasteiger partial charge in [0.15, 0.2) is 0 Å². The van der Waals surface area contributed by atoms with Crippen molar-refractivity contribution in [3.8, 4) is 0 Å². The third kappa shape index (κ3) is 4.37. The first-order valence-electron chi connectivity index (χ1n) is 5.99. The molecule has 0 aromatic heterocycles. The normalized spacial score (nSPS) is 12.4. The Morgan fingerprint density at radius 1 is 1.43 bits per heavy atom. The minimum absolute atomic E-state index is 0.0295. The van der Waals surface area contributed by atoms with Gasteiger partial charge in [-0.2, -0.15) is 0 Å². The van der Waals surface area contributed by atoms with Gasteiger partial charge in [0, 0.05) is 19.7 Å². The predicted molar refractivity (Wildman–Crippen MR) is 79.1 cm³/mol. The van der Waals surface area contributed by atoms with Crippen LogP contribution in [0.4, 0.5) is 5.69 Å². The highest BCUT2D eigenvalue weighted by Crippen LogP contribution is 2.30. The third-order valence-corrected chi connectivity index (χ3v) is 4.82. The molecule has 0 atom stereocenters. The lowest BCUT2D eigenvalue weighted by atomic mass is 10.1. The fraction of sp³-hybridized carbons (Fsp3) is 0.500. The zero-order chi connectivity index (χ0) is 16.4. The molecule has 0 heterocycles. The molecule has 1 N–H and O–H groups in total. The van der Waals surface area contributed by atoms with Crippen LogP contribution in [0.1, 0.15) is 19.4 Å². The number of hydrogen-bond acceptors (Lipinski definition) is 5. The topological polar surface area (TPSA) is 98.5 Å². The zero-order valence-corrected chi connectivity index (χ0v) is 13.7. The smallest absolute Gasteiger partial charge is 0.289 e. The number of methoxy groups -OCH3 is 1. The number of nitro groups is 1. The molecule has 7 nitrogen and oxygen atoms in total. The molecule has 0 aliphatic rings. The van der Waals surface area contributed by atoms with Crippen LogP contribution in [0.5, 0.6) is 0 Å². The fourth-order valence-electron chi connectivity index (χ4n) is 1.49. The average Bonchev–Trinajstić information content (AvgIpc) is 2.36. The summed E-state index contributed by atoms with van der Waals surface area (Å²) in [7, 11) is -2.44. The first-order valence-corrected chi connectivity index (χ1v) is 7.85. The van der Waals surface area contributed by atoms with Crippen LogP contribution < -0.4 is 4.72 Å². The monoisotopic (exact) mass is 336 g/mol. The lowest BCUT2D eigenvalue weighted by Gasteiger charge is -2.23. The molecular weight excluding hydrogens is 320 g/mol. The molecule has 118 valence electrons. The number of sulfonamides is 1. The van der Waals surface area contributed by atoms with Gasteiger partial charge in [0.2, 0.25) is 10.0 Å². The highest BCUT2D eigenvalue weighted by Gasteiger charge is 2.26. The Bertz CT molecular complexity index is 658. The van der Waals surface area contributed by atoms with Gasteiger partial charge in [0.1, 0.15) is 5.02 Å². The molecule has 1 rings (SSSR count). The first-order chi connectivity index (χ1) is 9.50. The molecule has 0 fully saturated rings. The quantitative estimate of drug-likeness (QED) is 0.634. The van der Waals surface area contributed by atoms with Gasteiger partial charge in [-0.05, 0) is 32.4 Å². The second-order valence-electron chi connectivity index (χ2n) is 5.11. The van der Waals surface area contributed by atoms with Crippen molar-refractivity contribution in [3.63, 3.8) is 0 Å². The second kappa shape index (κ2) is 6.27. The number of halogens is 1. The van der Waals surface area contributed by atoms with E-state index in [4.69, 9.17) is 16.3 Å². The Morgan fingerprint density at radius 2 is 2.00 bits per heavy atom. The summed E-state index contributed by atoms with van der Waals surface area (Å²) in [5.74, 6) is 0. The standard InChI is InChI=1S/C12H17ClN2O5S/c1-8-5-9(13)10(15(16)17)6-11(8)21(18,19)14-7-12(2,3)20-4/h5-6,14H,7H2,1-4H3. The van der Waals surface area contributed by atoms with Gasteiger partial charge in [0.25, 0.3) is 5.69 Å². The molecule has 0 aliphatic carbocycles. The van der Waals surface area contributed by atoms with Crippen molar-refractivity contribution in [3.05, 3.63) is 32.8 Å². The number of ether oxygens (including phenoxy) is 1. The minimum Gasteiger partial charge on any atom is -0.377 e. The predicted octanol–water partition coefficient (Wildman–Crippen LogP) is 2.26. The highest BCUT2D eigenvalue weighted by atomic mass is 35.5. The van der Waals surface area contributed by atoms with E-state index in [0.29, 0.717) is 5.56 Å². The van der Waals surface area contributed by atoms with Crippen molar-refractivity contribution >= 4 is 27.3 Å². The van der Waals surface area contributed by atoms with Crippen LogP contribution in [0.2, 0.25) is 5.02 Å². The number of rotatable bonds is 6. The molecule has 0 radical (unpaired) electrons. The van der Waals surface area contributed by atoms with Crippen molar-refractivity contribution in [1.82, 2.24) is 4.72 Å². The van der Waals surface area contributed by atoms with Gasteiger partial charge < -0.3 is 4.74 Å². The van der Waals surface area contributed by atoms with Gasteiger partial charge in [-0.3, -0.25) is 10.1 Å². The Labute approximate surface area is 128 Å². The van der Waals surface area contributed by atoms with Crippen molar-refractivity contribution in [2.75, 3.05) is 13.7 Å². The molecule has 0 saturated carbocycles.